The number of nitrogens with zero attached hydrogens (tertiary/aromatic N) is 7. The number of amides is 6. The van der Waals surface area contributed by atoms with Crippen LogP contribution in [-0.2, 0) is 19.2 Å². The molecular formula is C45H63N11O6. The van der Waals surface area contributed by atoms with Gasteiger partial charge in [-0.3, -0.25) is 29.3 Å². The topological polar surface area (TPSA) is 216 Å². The van der Waals surface area contributed by atoms with Crippen molar-refractivity contribution >= 4 is 52.9 Å². The molecule has 7 fully saturated rings. The largest absolute Gasteiger partial charge is 0.364 e. The van der Waals surface area contributed by atoms with Gasteiger partial charge in [-0.25, -0.2) is 4.79 Å². The van der Waals surface area contributed by atoms with Crippen molar-refractivity contribution in [1.82, 2.24) is 40.5 Å². The van der Waals surface area contributed by atoms with E-state index in [4.69, 9.17) is 10.7 Å². The molecule has 1 aromatic heterocycles. The molecule has 0 aliphatic carbocycles. The van der Waals surface area contributed by atoms with Crippen LogP contribution in [0.15, 0.2) is 24.3 Å². The minimum atomic E-state index is -1.04. The van der Waals surface area contributed by atoms with Crippen molar-refractivity contribution in [2.45, 2.75) is 103 Å². The Morgan fingerprint density at radius 1 is 0.903 bits per heavy atom. The molecule has 0 radical (unpaired) electrons. The maximum Gasteiger partial charge on any atom is 0.318 e. The molecule has 7 aliphatic rings. The number of hydrogen-bond donors (Lipinski definition) is 4. The number of ketones is 1. The van der Waals surface area contributed by atoms with E-state index in [9.17, 15) is 28.8 Å². The number of Topliss-reactive ketones (excluding diaryl/α,β-unsaturated/α-hetero) is 1. The molecule has 7 aliphatic heterocycles. The molecule has 1 aromatic carbocycles. The SMILES string of the molecule is CCC1CN(C2CCCN(c3nnc(C(N)=O)c(Nc4ccc(C5CCN(CC6C7CCN(CC7)C(=O)C(C7CCC(=O)NC7=O)C(=O)CC6C(C)C)CC5)cc4)n3)C2)C(=O)N1. The van der Waals surface area contributed by atoms with E-state index in [1.54, 1.807) is 4.90 Å². The monoisotopic (exact) mass is 853 g/mol. The molecule has 7 saturated heterocycles. The van der Waals surface area contributed by atoms with Crippen molar-refractivity contribution in [3.05, 3.63) is 35.5 Å². The molecule has 2 bridgehead atoms. The van der Waals surface area contributed by atoms with Gasteiger partial charge in [0.05, 0.1) is 12.0 Å². The second-order valence-electron chi connectivity index (χ2n) is 18.9. The lowest BCUT2D eigenvalue weighted by atomic mass is 9.67. The van der Waals surface area contributed by atoms with E-state index >= 15 is 0 Å². The molecule has 8 heterocycles. The Kier molecular flexibility index (Phi) is 13.1. The first kappa shape index (κ1) is 43.5. The summed E-state index contributed by atoms with van der Waals surface area (Å²) in [6, 6.07) is 8.37. The molecule has 0 spiro atoms. The number of imide groups is 1. The molecule has 62 heavy (non-hydrogen) atoms. The number of nitrogens with two attached hydrogens (primary N) is 1. The Balaban J connectivity index is 0.900. The van der Waals surface area contributed by atoms with Gasteiger partial charge in [0.2, 0.25) is 23.7 Å². The number of piperidine rings is 4. The summed E-state index contributed by atoms with van der Waals surface area (Å²) >= 11 is 0. The van der Waals surface area contributed by atoms with Gasteiger partial charge in [-0.2, -0.15) is 4.98 Å². The third-order valence-electron chi connectivity index (χ3n) is 14.8. The first-order chi connectivity index (χ1) is 29.9. The van der Waals surface area contributed by atoms with E-state index in [2.05, 4.69) is 64.0 Å². The molecule has 2 aromatic rings. The van der Waals surface area contributed by atoms with Crippen molar-refractivity contribution in [2.75, 3.05) is 62.6 Å². The van der Waals surface area contributed by atoms with Crippen LogP contribution >= 0.6 is 0 Å². The number of hydrogen-bond acceptors (Lipinski definition) is 12. The average molecular weight is 854 g/mol. The maximum atomic E-state index is 14.2. The van der Waals surface area contributed by atoms with E-state index in [-0.39, 0.29) is 84.2 Å². The molecule has 17 heteroatoms. The van der Waals surface area contributed by atoms with Crippen molar-refractivity contribution < 1.29 is 28.8 Å². The number of urea groups is 1. The number of carbonyl (C=O) groups excluding carboxylic acids is 6. The average Bonchev–Trinajstić information content (AvgIpc) is 3.66. The predicted molar refractivity (Wildman–Crippen MR) is 231 cm³/mol. The smallest absolute Gasteiger partial charge is 0.318 e. The Bertz CT molecular complexity index is 2010. The number of likely N-dealkylation sites (tertiary alicyclic amines) is 1. The summed E-state index contributed by atoms with van der Waals surface area (Å²) in [5.74, 6) is -1.82. The van der Waals surface area contributed by atoms with E-state index in [1.807, 2.05) is 21.9 Å². The van der Waals surface area contributed by atoms with Crippen LogP contribution in [0.5, 0.6) is 0 Å². The third-order valence-corrected chi connectivity index (χ3v) is 14.8. The summed E-state index contributed by atoms with van der Waals surface area (Å²) in [6.07, 6.45) is 7.04. The van der Waals surface area contributed by atoms with Crippen LogP contribution in [0, 0.1) is 35.5 Å². The fraction of sp³-hybridized carbons (Fsp3) is 0.667. The van der Waals surface area contributed by atoms with Crippen LogP contribution in [0.2, 0.25) is 0 Å². The molecule has 6 unspecified atom stereocenters. The molecule has 5 N–H and O–H groups in total. The number of primary amides is 1. The molecule has 334 valence electrons. The number of fused-ring (bicyclic) bond motifs is 7. The zero-order valence-electron chi connectivity index (χ0n) is 36.4. The fourth-order valence-electron chi connectivity index (χ4n) is 11.2. The molecule has 6 amide bonds. The van der Waals surface area contributed by atoms with Crippen LogP contribution in [0.3, 0.4) is 0 Å². The number of nitrogens with one attached hydrogen (secondary N) is 3. The number of benzene rings is 1. The zero-order valence-corrected chi connectivity index (χ0v) is 36.4. The highest BCUT2D eigenvalue weighted by atomic mass is 16.2. The number of aromatic nitrogens is 3. The second-order valence-corrected chi connectivity index (χ2v) is 18.9. The molecular weight excluding hydrogens is 791 g/mol. The maximum absolute atomic E-state index is 14.2. The zero-order chi connectivity index (χ0) is 43.7. The highest BCUT2D eigenvalue weighted by molar-refractivity contribution is 6.08. The van der Waals surface area contributed by atoms with Gasteiger partial charge in [-0.1, -0.05) is 32.9 Å². The van der Waals surface area contributed by atoms with E-state index in [0.29, 0.717) is 50.5 Å². The van der Waals surface area contributed by atoms with Gasteiger partial charge < -0.3 is 36.0 Å². The number of rotatable bonds is 11. The van der Waals surface area contributed by atoms with Gasteiger partial charge in [0.1, 0.15) is 11.7 Å². The Morgan fingerprint density at radius 2 is 1.65 bits per heavy atom. The van der Waals surface area contributed by atoms with E-state index in [0.717, 1.165) is 70.3 Å². The van der Waals surface area contributed by atoms with Crippen LogP contribution in [-0.4, -0.2) is 130 Å². The Morgan fingerprint density at radius 3 is 2.31 bits per heavy atom. The minimum absolute atomic E-state index is 0.0249. The Labute approximate surface area is 363 Å². The standard InChI is InChI=1S/C45H63N11O6/c1-4-30-23-56(45(62)48-30)32-6-5-17-55(24-32)44-50-41(39(40(46)59)51-52-44)47-31-9-7-27(8-10-31)28-13-18-53(19-14-28)25-35-29-15-20-54(21-16-29)43(61)38(36(57)22-34(35)26(2)3)33-11-12-37(58)49-42(33)60/h7-10,26,28-30,32-35,38H,4-6,11-25H2,1-3H3,(H2,46,59)(H,48,62)(H,47,50,52)(H,49,58,60). The van der Waals surface area contributed by atoms with Crippen LogP contribution < -0.4 is 26.6 Å². The van der Waals surface area contributed by atoms with Crippen molar-refractivity contribution in [3.63, 3.8) is 0 Å². The van der Waals surface area contributed by atoms with Gasteiger partial charge in [0, 0.05) is 63.8 Å². The number of carbonyl (C=O) groups is 6. The van der Waals surface area contributed by atoms with Crippen LogP contribution in [0.4, 0.5) is 22.2 Å². The third kappa shape index (κ3) is 9.27. The van der Waals surface area contributed by atoms with Gasteiger partial charge in [-0.15, -0.1) is 10.2 Å². The Hall–Kier alpha value is -5.19. The highest BCUT2D eigenvalue weighted by Crippen LogP contribution is 2.41. The summed E-state index contributed by atoms with van der Waals surface area (Å²) in [5, 5.41) is 17.2. The summed E-state index contributed by atoms with van der Waals surface area (Å²) < 4.78 is 0. The minimum Gasteiger partial charge on any atom is -0.364 e. The fourth-order valence-corrected chi connectivity index (χ4v) is 11.2. The summed E-state index contributed by atoms with van der Waals surface area (Å²) in [7, 11) is 0. The van der Waals surface area contributed by atoms with E-state index in [1.165, 1.54) is 5.56 Å². The van der Waals surface area contributed by atoms with Crippen molar-refractivity contribution in [3.8, 4) is 0 Å². The number of anilines is 3. The predicted octanol–water partition coefficient (Wildman–Crippen LogP) is 3.43. The lowest BCUT2D eigenvalue weighted by Gasteiger charge is -2.46. The van der Waals surface area contributed by atoms with Gasteiger partial charge >= 0.3 is 6.03 Å². The first-order valence-electron chi connectivity index (χ1n) is 23.0. The van der Waals surface area contributed by atoms with Gasteiger partial charge in [0.15, 0.2) is 11.5 Å². The molecule has 9 rings (SSSR count). The summed E-state index contributed by atoms with van der Waals surface area (Å²) in [6.45, 7) is 12.3. The summed E-state index contributed by atoms with van der Waals surface area (Å²) in [5.41, 5.74) is 7.65. The van der Waals surface area contributed by atoms with Crippen LogP contribution in [0.1, 0.15) is 107 Å². The lowest BCUT2D eigenvalue weighted by Crippen LogP contribution is -2.54. The second kappa shape index (κ2) is 18.7. The normalized spacial score (nSPS) is 29.3. The van der Waals surface area contributed by atoms with Crippen LogP contribution in [0.25, 0.3) is 0 Å². The van der Waals surface area contributed by atoms with Gasteiger partial charge in [-0.05, 0) is 112 Å². The van der Waals surface area contributed by atoms with Gasteiger partial charge in [0.25, 0.3) is 5.91 Å². The molecule has 6 atom stereocenters. The molecule has 17 nitrogen and oxygen atoms in total. The van der Waals surface area contributed by atoms with Crippen molar-refractivity contribution in [1.29, 1.82) is 0 Å². The first-order valence-corrected chi connectivity index (χ1v) is 23.0. The van der Waals surface area contributed by atoms with E-state index < -0.39 is 23.7 Å². The quantitative estimate of drug-likeness (QED) is 0.189. The molecule has 0 saturated carbocycles. The summed E-state index contributed by atoms with van der Waals surface area (Å²) in [4.78, 5) is 91.1. The van der Waals surface area contributed by atoms with Crippen molar-refractivity contribution in [2.24, 2.45) is 41.2 Å². The lowest BCUT2D eigenvalue weighted by molar-refractivity contribution is -0.154. The highest BCUT2D eigenvalue weighted by Gasteiger charge is 2.47.